The summed E-state index contributed by atoms with van der Waals surface area (Å²) in [6, 6.07) is 0. The fourth-order valence-corrected chi connectivity index (χ4v) is 6.70. The van der Waals surface area contributed by atoms with Gasteiger partial charge in [-0.3, -0.25) is 0 Å². The summed E-state index contributed by atoms with van der Waals surface area (Å²) in [5.74, 6) is 0. The van der Waals surface area contributed by atoms with Gasteiger partial charge in [0.15, 0.2) is 0 Å². The van der Waals surface area contributed by atoms with E-state index in [9.17, 15) is 0 Å². The molecule has 17 heavy (non-hydrogen) atoms. The predicted molar refractivity (Wildman–Crippen MR) is 85.8 cm³/mol. The van der Waals surface area contributed by atoms with E-state index >= 15 is 0 Å². The Kier molecular flexibility index (Phi) is 3.80. The molecule has 0 aromatic carbocycles. The molecule has 1 aliphatic rings. The summed E-state index contributed by atoms with van der Waals surface area (Å²) in [7, 11) is -2.41. The van der Waals surface area contributed by atoms with Crippen molar-refractivity contribution >= 4 is 16.1 Å². The lowest BCUT2D eigenvalue weighted by atomic mass is 9.83. The lowest BCUT2D eigenvalue weighted by Gasteiger charge is -2.41. The summed E-state index contributed by atoms with van der Waals surface area (Å²) in [5.41, 5.74) is 0.203. The van der Waals surface area contributed by atoms with Gasteiger partial charge in [-0.15, -0.1) is 6.58 Å². The van der Waals surface area contributed by atoms with Crippen molar-refractivity contribution < 1.29 is 0 Å². The van der Waals surface area contributed by atoms with Crippen LogP contribution in [0.1, 0.15) is 13.3 Å². The highest BCUT2D eigenvalue weighted by molar-refractivity contribution is 6.84. The van der Waals surface area contributed by atoms with Gasteiger partial charge in [0, 0.05) is 5.41 Å². The van der Waals surface area contributed by atoms with E-state index in [1.807, 2.05) is 0 Å². The minimum absolute atomic E-state index is 0.203. The van der Waals surface area contributed by atoms with Crippen LogP contribution in [0.2, 0.25) is 39.3 Å². The fraction of sp³-hybridized carbons (Fsp3) is 0.600. The average molecular weight is 265 g/mol. The molecule has 0 aromatic heterocycles. The first-order valence-electron chi connectivity index (χ1n) is 6.56. The Labute approximate surface area is 110 Å². The maximum absolute atomic E-state index is 4.11. The zero-order valence-electron chi connectivity index (χ0n) is 12.6. The Hall–Kier alpha value is -0.346. The van der Waals surface area contributed by atoms with Gasteiger partial charge in [-0.25, -0.2) is 0 Å². The molecule has 0 nitrogen and oxygen atoms in total. The first-order chi connectivity index (χ1) is 7.50. The molecule has 0 saturated heterocycles. The molecular formula is C15H28Si2. The van der Waals surface area contributed by atoms with E-state index in [2.05, 4.69) is 71.0 Å². The van der Waals surface area contributed by atoms with Crippen molar-refractivity contribution in [3.05, 3.63) is 35.2 Å². The van der Waals surface area contributed by atoms with Gasteiger partial charge in [0.05, 0.1) is 16.1 Å². The highest BCUT2D eigenvalue weighted by Crippen LogP contribution is 2.44. The molecule has 2 heteroatoms. The van der Waals surface area contributed by atoms with Crippen molar-refractivity contribution in [1.29, 1.82) is 0 Å². The first kappa shape index (κ1) is 14.7. The maximum Gasteiger partial charge on any atom is 0.0735 e. The van der Waals surface area contributed by atoms with Crippen LogP contribution < -0.4 is 0 Å². The third-order valence-electron chi connectivity index (χ3n) is 3.85. The smallest absolute Gasteiger partial charge is 0.0735 e. The third kappa shape index (κ3) is 3.11. The molecule has 0 amide bonds. The van der Waals surface area contributed by atoms with Gasteiger partial charge in [-0.05, 0) is 6.42 Å². The zero-order chi connectivity index (χ0) is 13.5. The summed E-state index contributed by atoms with van der Waals surface area (Å²) < 4.78 is 0. The molecule has 1 rings (SSSR count). The lowest BCUT2D eigenvalue weighted by molar-refractivity contribution is 0.531. The molecule has 0 N–H and O–H groups in total. The SMILES string of the molecule is C=CC1(C)CC([Si](C)(C)C)=CC=C1[Si](C)(C)C. The van der Waals surface area contributed by atoms with Gasteiger partial charge >= 0.3 is 0 Å². The van der Waals surface area contributed by atoms with Crippen LogP contribution in [0.25, 0.3) is 0 Å². The van der Waals surface area contributed by atoms with Gasteiger partial charge in [-0.1, -0.05) is 74.8 Å². The van der Waals surface area contributed by atoms with Gasteiger partial charge in [-0.2, -0.15) is 0 Å². The lowest BCUT2D eigenvalue weighted by Crippen LogP contribution is -2.39. The third-order valence-corrected chi connectivity index (χ3v) is 8.47. The van der Waals surface area contributed by atoms with E-state index < -0.39 is 16.1 Å². The summed E-state index contributed by atoms with van der Waals surface area (Å²) in [6.45, 7) is 21.1. The molecule has 96 valence electrons. The largest absolute Gasteiger partial charge is 0.102 e. The molecule has 0 spiro atoms. The van der Waals surface area contributed by atoms with Crippen LogP contribution in [0.5, 0.6) is 0 Å². The van der Waals surface area contributed by atoms with Crippen molar-refractivity contribution in [3.8, 4) is 0 Å². The molecule has 0 fully saturated rings. The van der Waals surface area contributed by atoms with Gasteiger partial charge < -0.3 is 0 Å². The van der Waals surface area contributed by atoms with E-state index in [0.29, 0.717) is 0 Å². The summed E-state index contributed by atoms with van der Waals surface area (Å²) in [6.07, 6.45) is 8.22. The minimum atomic E-state index is -1.24. The molecule has 1 unspecified atom stereocenters. The fourth-order valence-electron chi connectivity index (χ4n) is 2.73. The number of allylic oxidation sites excluding steroid dienone is 5. The summed E-state index contributed by atoms with van der Waals surface area (Å²) in [4.78, 5) is 0. The van der Waals surface area contributed by atoms with Crippen molar-refractivity contribution in [1.82, 2.24) is 0 Å². The van der Waals surface area contributed by atoms with Crippen molar-refractivity contribution in [2.24, 2.45) is 5.41 Å². The summed E-state index contributed by atoms with van der Waals surface area (Å²) in [5, 5.41) is 3.34. The molecule has 0 aromatic rings. The highest BCUT2D eigenvalue weighted by Gasteiger charge is 2.38. The van der Waals surface area contributed by atoms with Crippen LogP contribution in [0.4, 0.5) is 0 Å². The monoisotopic (exact) mass is 264 g/mol. The Morgan fingerprint density at radius 2 is 1.59 bits per heavy atom. The standard InChI is InChI=1S/C15H28Si2/c1-9-15(2)12-13(16(3,4)5)10-11-14(15)17(6,7)8/h9-11H,1,12H2,2-8H3. The van der Waals surface area contributed by atoms with Gasteiger partial charge in [0.2, 0.25) is 0 Å². The molecule has 0 bridgehead atoms. The Bertz CT molecular complexity index is 375. The van der Waals surface area contributed by atoms with E-state index in [1.165, 1.54) is 6.42 Å². The van der Waals surface area contributed by atoms with Crippen LogP contribution >= 0.6 is 0 Å². The predicted octanol–water partition coefficient (Wildman–Crippen LogP) is 5.19. The normalized spacial score (nSPS) is 26.3. The van der Waals surface area contributed by atoms with Crippen LogP contribution in [0.3, 0.4) is 0 Å². The minimum Gasteiger partial charge on any atom is -0.102 e. The second-order valence-electron chi connectivity index (χ2n) is 7.57. The first-order valence-corrected chi connectivity index (χ1v) is 13.6. The summed E-state index contributed by atoms with van der Waals surface area (Å²) >= 11 is 0. The van der Waals surface area contributed by atoms with Gasteiger partial charge in [0.1, 0.15) is 0 Å². The number of hydrogen-bond acceptors (Lipinski definition) is 0. The highest BCUT2D eigenvalue weighted by atomic mass is 28.3. The topological polar surface area (TPSA) is 0 Å². The van der Waals surface area contributed by atoms with Crippen LogP contribution in [-0.2, 0) is 0 Å². The quantitative estimate of drug-likeness (QED) is 0.486. The van der Waals surface area contributed by atoms with E-state index in [0.717, 1.165) is 0 Å². The van der Waals surface area contributed by atoms with Crippen LogP contribution in [-0.4, -0.2) is 16.1 Å². The molecule has 1 atom stereocenters. The molecule has 0 heterocycles. The Morgan fingerprint density at radius 1 is 1.06 bits per heavy atom. The van der Waals surface area contributed by atoms with Crippen molar-refractivity contribution in [2.75, 3.05) is 0 Å². The van der Waals surface area contributed by atoms with E-state index in [-0.39, 0.29) is 5.41 Å². The molecular weight excluding hydrogens is 236 g/mol. The van der Waals surface area contributed by atoms with E-state index in [1.54, 1.807) is 10.4 Å². The zero-order valence-corrected chi connectivity index (χ0v) is 14.6. The Balaban J connectivity index is 3.26. The van der Waals surface area contributed by atoms with Gasteiger partial charge in [0.25, 0.3) is 0 Å². The average Bonchev–Trinajstić information content (AvgIpc) is 2.14. The molecule has 0 radical (unpaired) electrons. The molecule has 1 aliphatic carbocycles. The van der Waals surface area contributed by atoms with Crippen LogP contribution in [0.15, 0.2) is 35.2 Å². The maximum atomic E-state index is 4.11. The second kappa shape index (κ2) is 4.40. The number of hydrogen-bond donors (Lipinski definition) is 0. The van der Waals surface area contributed by atoms with Crippen LogP contribution in [0, 0.1) is 5.41 Å². The molecule has 0 aliphatic heterocycles. The van der Waals surface area contributed by atoms with Crippen molar-refractivity contribution in [2.45, 2.75) is 52.6 Å². The number of rotatable bonds is 3. The van der Waals surface area contributed by atoms with E-state index in [4.69, 9.17) is 0 Å². The molecule has 0 saturated carbocycles. The second-order valence-corrected chi connectivity index (χ2v) is 17.8. The Morgan fingerprint density at radius 3 is 1.94 bits per heavy atom. The van der Waals surface area contributed by atoms with Crippen molar-refractivity contribution in [3.63, 3.8) is 0 Å².